The number of halogens is 1. The lowest BCUT2D eigenvalue weighted by atomic mass is 10.1. The Morgan fingerprint density at radius 1 is 1.41 bits per heavy atom. The molecule has 0 bridgehead atoms. The van der Waals surface area contributed by atoms with Crippen LogP contribution in [0.2, 0.25) is 5.02 Å². The second-order valence-electron chi connectivity index (χ2n) is 4.79. The van der Waals surface area contributed by atoms with Crippen LogP contribution < -0.4 is 4.90 Å². The van der Waals surface area contributed by atoms with Gasteiger partial charge in [-0.15, -0.1) is 0 Å². The number of rotatable bonds is 4. The smallest absolute Gasteiger partial charge is 0.128 e. The second kappa shape index (κ2) is 5.69. The molecule has 1 aromatic heterocycles. The predicted molar refractivity (Wildman–Crippen MR) is 70.4 cm³/mol. The summed E-state index contributed by atoms with van der Waals surface area (Å²) in [7, 11) is 2.05. The van der Waals surface area contributed by atoms with Gasteiger partial charge < -0.3 is 10.0 Å². The zero-order chi connectivity index (χ0) is 12.3. The summed E-state index contributed by atoms with van der Waals surface area (Å²) in [5, 5.41) is 9.68. The molecule has 0 saturated heterocycles. The Hall–Kier alpha value is -0.800. The molecule has 17 heavy (non-hydrogen) atoms. The van der Waals surface area contributed by atoms with Crippen LogP contribution in [0.3, 0.4) is 0 Å². The second-order valence-corrected chi connectivity index (χ2v) is 5.19. The molecule has 0 radical (unpaired) electrons. The topological polar surface area (TPSA) is 36.4 Å². The first-order chi connectivity index (χ1) is 8.20. The number of aromatic nitrogens is 1. The number of pyridine rings is 1. The molecule has 1 aliphatic carbocycles. The Labute approximate surface area is 107 Å². The van der Waals surface area contributed by atoms with Crippen molar-refractivity contribution in [1.82, 2.24) is 4.98 Å². The fourth-order valence-corrected chi connectivity index (χ4v) is 2.64. The number of hydrogen-bond acceptors (Lipinski definition) is 3. The van der Waals surface area contributed by atoms with Crippen LogP contribution in [0.15, 0.2) is 12.1 Å². The summed E-state index contributed by atoms with van der Waals surface area (Å²) < 4.78 is 0. The molecule has 0 amide bonds. The first-order valence-corrected chi connectivity index (χ1v) is 6.56. The number of anilines is 1. The molecule has 3 nitrogen and oxygen atoms in total. The lowest BCUT2D eigenvalue weighted by Gasteiger charge is -2.22. The van der Waals surface area contributed by atoms with E-state index >= 15 is 0 Å². The summed E-state index contributed by atoms with van der Waals surface area (Å²) in [5.74, 6) is 1.68. The van der Waals surface area contributed by atoms with Gasteiger partial charge >= 0.3 is 0 Å². The molecule has 1 saturated carbocycles. The van der Waals surface area contributed by atoms with Crippen LogP contribution in [0.1, 0.15) is 31.4 Å². The average molecular weight is 255 g/mol. The van der Waals surface area contributed by atoms with Crippen LogP contribution in [-0.4, -0.2) is 23.7 Å². The molecule has 0 spiro atoms. The van der Waals surface area contributed by atoms with Gasteiger partial charge in [-0.25, -0.2) is 4.98 Å². The van der Waals surface area contributed by atoms with Crippen molar-refractivity contribution < 1.29 is 5.11 Å². The highest BCUT2D eigenvalue weighted by Crippen LogP contribution is 2.27. The van der Waals surface area contributed by atoms with Crippen LogP contribution in [0.4, 0.5) is 5.82 Å². The van der Waals surface area contributed by atoms with Crippen molar-refractivity contribution in [1.29, 1.82) is 0 Å². The van der Waals surface area contributed by atoms with Gasteiger partial charge in [-0.1, -0.05) is 24.4 Å². The highest BCUT2D eigenvalue weighted by molar-refractivity contribution is 6.31. The maximum Gasteiger partial charge on any atom is 0.128 e. The molecule has 1 aromatic rings. The van der Waals surface area contributed by atoms with E-state index < -0.39 is 0 Å². The molecular formula is C13H19ClN2O. The number of nitrogens with zero attached hydrogens (tertiary/aromatic N) is 2. The maximum absolute atomic E-state index is 9.14. The minimum absolute atomic E-state index is 0.107. The summed E-state index contributed by atoms with van der Waals surface area (Å²) in [6.45, 7) is 0.934. The van der Waals surface area contributed by atoms with Gasteiger partial charge in [0.15, 0.2) is 0 Å². The predicted octanol–water partition coefficient (Wildman–Crippen LogP) is 2.85. The molecule has 0 aliphatic heterocycles. The minimum Gasteiger partial charge on any atom is -0.390 e. The third-order valence-corrected chi connectivity index (χ3v) is 3.80. The number of aliphatic hydroxyl groups excluding tert-OH is 1. The molecule has 4 heteroatoms. The minimum atomic E-state index is -0.107. The van der Waals surface area contributed by atoms with E-state index in [2.05, 4.69) is 16.9 Å². The lowest BCUT2D eigenvalue weighted by Crippen LogP contribution is -2.25. The lowest BCUT2D eigenvalue weighted by molar-refractivity contribution is 0.277. The number of aliphatic hydroxyl groups is 1. The van der Waals surface area contributed by atoms with Crippen LogP contribution in [-0.2, 0) is 6.61 Å². The highest BCUT2D eigenvalue weighted by Gasteiger charge is 2.17. The Balaban J connectivity index is 2.04. The summed E-state index contributed by atoms with van der Waals surface area (Å²) in [6.07, 6.45) is 5.36. The van der Waals surface area contributed by atoms with E-state index in [-0.39, 0.29) is 6.61 Å². The van der Waals surface area contributed by atoms with E-state index in [9.17, 15) is 0 Å². The van der Waals surface area contributed by atoms with Crippen molar-refractivity contribution in [3.05, 3.63) is 22.8 Å². The van der Waals surface area contributed by atoms with Gasteiger partial charge in [-0.2, -0.15) is 0 Å². The van der Waals surface area contributed by atoms with Crippen LogP contribution >= 0.6 is 11.6 Å². The quantitative estimate of drug-likeness (QED) is 0.898. The Morgan fingerprint density at radius 3 is 2.76 bits per heavy atom. The largest absolute Gasteiger partial charge is 0.390 e. The summed E-state index contributed by atoms with van der Waals surface area (Å²) in [5.41, 5.74) is 0.558. The number of hydrogen-bond donors (Lipinski definition) is 1. The Kier molecular flexibility index (Phi) is 4.24. The molecule has 0 aromatic carbocycles. The van der Waals surface area contributed by atoms with Gasteiger partial charge in [0.05, 0.1) is 17.3 Å². The van der Waals surface area contributed by atoms with E-state index in [4.69, 9.17) is 16.7 Å². The van der Waals surface area contributed by atoms with Crippen molar-refractivity contribution in [2.75, 3.05) is 18.5 Å². The molecule has 1 heterocycles. The molecule has 1 N–H and O–H groups in total. The van der Waals surface area contributed by atoms with Gasteiger partial charge in [-0.05, 0) is 30.9 Å². The molecule has 1 fully saturated rings. The van der Waals surface area contributed by atoms with E-state index in [1.165, 1.54) is 25.7 Å². The Bertz CT molecular complexity index is 378. The van der Waals surface area contributed by atoms with Crippen LogP contribution in [0, 0.1) is 5.92 Å². The van der Waals surface area contributed by atoms with E-state index in [1.807, 2.05) is 6.07 Å². The third-order valence-electron chi connectivity index (χ3n) is 3.45. The summed E-state index contributed by atoms with van der Waals surface area (Å²) in [4.78, 5) is 6.53. The molecule has 94 valence electrons. The first-order valence-electron chi connectivity index (χ1n) is 6.18. The van der Waals surface area contributed by atoms with Crippen molar-refractivity contribution in [2.45, 2.75) is 32.3 Å². The van der Waals surface area contributed by atoms with E-state index in [0.717, 1.165) is 18.3 Å². The van der Waals surface area contributed by atoms with Crippen molar-refractivity contribution >= 4 is 17.4 Å². The summed E-state index contributed by atoms with van der Waals surface area (Å²) in [6, 6.07) is 3.72. The highest BCUT2D eigenvalue weighted by atomic mass is 35.5. The molecule has 0 atom stereocenters. The zero-order valence-corrected chi connectivity index (χ0v) is 11.0. The van der Waals surface area contributed by atoms with Crippen molar-refractivity contribution in [3.63, 3.8) is 0 Å². The zero-order valence-electron chi connectivity index (χ0n) is 10.2. The van der Waals surface area contributed by atoms with Gasteiger partial charge in [0.2, 0.25) is 0 Å². The van der Waals surface area contributed by atoms with E-state index in [1.54, 1.807) is 6.07 Å². The normalized spacial score (nSPS) is 16.4. The molecular weight excluding hydrogens is 236 g/mol. The molecule has 2 rings (SSSR count). The van der Waals surface area contributed by atoms with Gasteiger partial charge in [-0.3, -0.25) is 0 Å². The third kappa shape index (κ3) is 3.11. The molecule has 1 aliphatic rings. The standard InChI is InChI=1S/C13H19ClN2O/c1-16(8-10-4-2-3-5-10)13-7-6-11(14)12(9-17)15-13/h6-7,10,17H,2-5,8-9H2,1H3. The fourth-order valence-electron chi connectivity index (χ4n) is 2.47. The van der Waals surface area contributed by atoms with Gasteiger partial charge in [0, 0.05) is 13.6 Å². The van der Waals surface area contributed by atoms with Crippen LogP contribution in [0.25, 0.3) is 0 Å². The average Bonchev–Trinajstić information content (AvgIpc) is 2.82. The Morgan fingerprint density at radius 2 is 2.12 bits per heavy atom. The summed E-state index contributed by atoms with van der Waals surface area (Å²) >= 11 is 5.93. The molecule has 0 unspecified atom stereocenters. The van der Waals surface area contributed by atoms with Crippen molar-refractivity contribution in [3.8, 4) is 0 Å². The van der Waals surface area contributed by atoms with E-state index in [0.29, 0.717) is 10.7 Å². The van der Waals surface area contributed by atoms with Crippen LogP contribution in [0.5, 0.6) is 0 Å². The monoisotopic (exact) mass is 254 g/mol. The first kappa shape index (κ1) is 12.7. The van der Waals surface area contributed by atoms with Crippen molar-refractivity contribution in [2.24, 2.45) is 5.92 Å². The SMILES string of the molecule is CN(CC1CCCC1)c1ccc(Cl)c(CO)n1. The fraction of sp³-hybridized carbons (Fsp3) is 0.615. The van der Waals surface area contributed by atoms with Gasteiger partial charge in [0.1, 0.15) is 5.82 Å². The van der Waals surface area contributed by atoms with Gasteiger partial charge in [0.25, 0.3) is 0 Å². The maximum atomic E-state index is 9.14.